The molecule has 2 fully saturated rings. The molecule has 1 saturated heterocycles. The quantitative estimate of drug-likeness (QED) is 0.859. The van der Waals surface area contributed by atoms with E-state index in [-0.39, 0.29) is 23.6 Å². The number of likely N-dealkylation sites (tertiary alicyclic amines) is 1. The summed E-state index contributed by atoms with van der Waals surface area (Å²) in [4.78, 5) is 14.0. The number of nitrogens with zero attached hydrogens (tertiary/aromatic N) is 3. The maximum atomic E-state index is 12.2. The molecule has 1 aromatic rings. The maximum Gasteiger partial charge on any atom is 0.224 e. The molecule has 0 unspecified atom stereocenters. The molecule has 0 radical (unpaired) electrons. The lowest BCUT2D eigenvalue weighted by molar-refractivity contribution is -0.127. The van der Waals surface area contributed by atoms with Crippen molar-refractivity contribution in [3.63, 3.8) is 0 Å². The second-order valence-corrected chi connectivity index (χ2v) is 6.49. The van der Waals surface area contributed by atoms with Crippen LogP contribution in [0.4, 0.5) is 0 Å². The van der Waals surface area contributed by atoms with Crippen LogP contribution in [-0.2, 0) is 16.6 Å². The monoisotopic (exact) mass is 306 g/mol. The Kier molecular flexibility index (Phi) is 4.23. The number of hydrogen-bond acceptors (Lipinski definition) is 4. The fraction of sp³-hybridized carbons (Fsp3) is 0.750. The minimum atomic E-state index is -0.0179. The van der Waals surface area contributed by atoms with Crippen molar-refractivity contribution in [3.05, 3.63) is 18.0 Å². The average molecular weight is 306 g/mol. The van der Waals surface area contributed by atoms with Crippen molar-refractivity contribution < 1.29 is 9.53 Å². The van der Waals surface area contributed by atoms with Gasteiger partial charge < -0.3 is 15.0 Å². The van der Waals surface area contributed by atoms with Crippen LogP contribution in [0.1, 0.15) is 44.3 Å². The normalized spacial score (nSPS) is 27.2. The van der Waals surface area contributed by atoms with Crippen molar-refractivity contribution in [2.24, 2.45) is 7.05 Å². The third-order valence-corrected chi connectivity index (χ3v) is 5.15. The molecule has 1 N–H and O–H groups in total. The molecule has 0 spiro atoms. The van der Waals surface area contributed by atoms with Gasteiger partial charge in [0.25, 0.3) is 0 Å². The first-order chi connectivity index (χ1) is 10.6. The maximum absolute atomic E-state index is 12.2. The molecule has 1 aliphatic carbocycles. The molecule has 1 aliphatic heterocycles. The van der Waals surface area contributed by atoms with Gasteiger partial charge in [-0.1, -0.05) is 0 Å². The van der Waals surface area contributed by atoms with Gasteiger partial charge in [0.1, 0.15) is 0 Å². The van der Waals surface area contributed by atoms with Crippen LogP contribution < -0.4 is 5.32 Å². The molecule has 1 aromatic heterocycles. The first-order valence-corrected chi connectivity index (χ1v) is 8.17. The fourth-order valence-electron chi connectivity index (χ4n) is 3.70. The van der Waals surface area contributed by atoms with Crippen LogP contribution in [0.25, 0.3) is 0 Å². The lowest BCUT2D eigenvalue weighted by atomic mass is 9.79. The van der Waals surface area contributed by atoms with Crippen molar-refractivity contribution in [1.29, 1.82) is 0 Å². The highest BCUT2D eigenvalue weighted by molar-refractivity contribution is 5.80. The molecule has 0 bridgehead atoms. The number of nitrogens with one attached hydrogen (secondary N) is 1. The van der Waals surface area contributed by atoms with Gasteiger partial charge in [-0.15, -0.1) is 0 Å². The topological polar surface area (TPSA) is 59.4 Å². The number of likely N-dealkylation sites (N-methyl/N-ethyl adjacent to an activating group) is 1. The molecule has 2 heterocycles. The number of aryl methyl sites for hydroxylation is 1. The zero-order valence-electron chi connectivity index (χ0n) is 13.7. The molecule has 1 saturated carbocycles. The van der Waals surface area contributed by atoms with E-state index in [1.165, 1.54) is 6.42 Å². The Hall–Kier alpha value is -1.40. The Labute approximate surface area is 131 Å². The van der Waals surface area contributed by atoms with Gasteiger partial charge in [0.2, 0.25) is 5.91 Å². The molecule has 3 rings (SSSR count). The number of ether oxygens (including phenoxy) is 1. The van der Waals surface area contributed by atoms with Gasteiger partial charge in [0, 0.05) is 45.9 Å². The van der Waals surface area contributed by atoms with Gasteiger partial charge in [-0.05, 0) is 32.3 Å². The SMILES string of the molecule is CCOC1(CN[C@@H]2CC(=O)N(C)[C@H]2c2ccnn2C)CCC1. The largest absolute Gasteiger partial charge is 0.374 e. The molecular weight excluding hydrogens is 280 g/mol. The Morgan fingerprint density at radius 1 is 1.45 bits per heavy atom. The van der Waals surface area contributed by atoms with Gasteiger partial charge in [0.05, 0.1) is 17.3 Å². The molecule has 2 aliphatic rings. The lowest BCUT2D eigenvalue weighted by Crippen LogP contribution is -2.51. The molecule has 6 nitrogen and oxygen atoms in total. The first kappa shape index (κ1) is 15.5. The van der Waals surface area contributed by atoms with E-state index in [2.05, 4.69) is 10.4 Å². The van der Waals surface area contributed by atoms with Crippen LogP contribution in [0.5, 0.6) is 0 Å². The second kappa shape index (κ2) is 6.01. The Morgan fingerprint density at radius 3 is 2.77 bits per heavy atom. The number of carbonyl (C=O) groups excluding carboxylic acids is 1. The summed E-state index contributed by atoms with van der Waals surface area (Å²) < 4.78 is 7.81. The van der Waals surface area contributed by atoms with E-state index in [0.717, 1.165) is 31.7 Å². The highest BCUT2D eigenvalue weighted by Crippen LogP contribution is 2.37. The van der Waals surface area contributed by atoms with E-state index < -0.39 is 0 Å². The zero-order valence-corrected chi connectivity index (χ0v) is 13.7. The van der Waals surface area contributed by atoms with E-state index in [0.29, 0.717) is 6.42 Å². The summed E-state index contributed by atoms with van der Waals surface area (Å²) in [5.41, 5.74) is 1.06. The Bertz CT molecular complexity index is 538. The third-order valence-electron chi connectivity index (χ3n) is 5.15. The van der Waals surface area contributed by atoms with Gasteiger partial charge in [-0.2, -0.15) is 5.10 Å². The molecule has 0 aromatic carbocycles. The minimum Gasteiger partial charge on any atom is -0.374 e. The number of amides is 1. The van der Waals surface area contributed by atoms with Crippen molar-refractivity contribution in [2.45, 2.75) is 50.3 Å². The number of carbonyl (C=O) groups is 1. The lowest BCUT2D eigenvalue weighted by Gasteiger charge is -2.42. The minimum absolute atomic E-state index is 0.0179. The Balaban J connectivity index is 1.71. The van der Waals surface area contributed by atoms with Crippen LogP contribution in [0.3, 0.4) is 0 Å². The molecule has 2 atom stereocenters. The predicted molar refractivity (Wildman–Crippen MR) is 83.3 cm³/mol. The summed E-state index contributed by atoms with van der Waals surface area (Å²) in [6.07, 6.45) is 5.78. The van der Waals surface area contributed by atoms with E-state index in [9.17, 15) is 4.79 Å². The zero-order chi connectivity index (χ0) is 15.7. The number of rotatable bonds is 6. The van der Waals surface area contributed by atoms with E-state index in [1.54, 1.807) is 6.20 Å². The third kappa shape index (κ3) is 2.65. The van der Waals surface area contributed by atoms with Gasteiger partial charge in [-0.3, -0.25) is 9.48 Å². The predicted octanol–water partition coefficient (Wildman–Crippen LogP) is 1.24. The van der Waals surface area contributed by atoms with E-state index >= 15 is 0 Å². The molecule has 122 valence electrons. The molecule has 6 heteroatoms. The van der Waals surface area contributed by atoms with E-state index in [1.807, 2.05) is 36.7 Å². The highest BCUT2D eigenvalue weighted by atomic mass is 16.5. The fourth-order valence-corrected chi connectivity index (χ4v) is 3.70. The van der Waals surface area contributed by atoms with Crippen molar-refractivity contribution >= 4 is 5.91 Å². The summed E-state index contributed by atoms with van der Waals surface area (Å²) in [7, 11) is 3.81. The smallest absolute Gasteiger partial charge is 0.224 e. The molecule has 22 heavy (non-hydrogen) atoms. The summed E-state index contributed by atoms with van der Waals surface area (Å²) >= 11 is 0. The summed E-state index contributed by atoms with van der Waals surface area (Å²) in [5, 5.41) is 7.85. The summed E-state index contributed by atoms with van der Waals surface area (Å²) in [5.74, 6) is 0.183. The van der Waals surface area contributed by atoms with Crippen LogP contribution >= 0.6 is 0 Å². The number of aromatic nitrogens is 2. The van der Waals surface area contributed by atoms with Crippen LogP contribution in [0, 0.1) is 0 Å². The van der Waals surface area contributed by atoms with Crippen molar-refractivity contribution in [3.8, 4) is 0 Å². The van der Waals surface area contributed by atoms with Crippen LogP contribution in [-0.4, -0.2) is 52.4 Å². The van der Waals surface area contributed by atoms with Crippen molar-refractivity contribution in [2.75, 3.05) is 20.2 Å². The van der Waals surface area contributed by atoms with Gasteiger partial charge in [0.15, 0.2) is 0 Å². The summed E-state index contributed by atoms with van der Waals surface area (Å²) in [6.45, 7) is 3.61. The molecular formula is C16H26N4O2. The van der Waals surface area contributed by atoms with Gasteiger partial charge >= 0.3 is 0 Å². The number of hydrogen-bond donors (Lipinski definition) is 1. The van der Waals surface area contributed by atoms with Gasteiger partial charge in [-0.25, -0.2) is 0 Å². The molecule has 1 amide bonds. The first-order valence-electron chi connectivity index (χ1n) is 8.17. The van der Waals surface area contributed by atoms with Crippen molar-refractivity contribution in [1.82, 2.24) is 20.0 Å². The van der Waals surface area contributed by atoms with Crippen LogP contribution in [0.2, 0.25) is 0 Å². The standard InChI is InChI=1S/C16H26N4O2/c1-4-22-16(7-5-8-16)11-17-12-10-14(21)19(2)15(12)13-6-9-18-20(13)3/h6,9,12,15,17H,4-5,7-8,10-11H2,1-3H3/t12-,15-/m1/s1. The van der Waals surface area contributed by atoms with Crippen LogP contribution in [0.15, 0.2) is 12.3 Å². The Morgan fingerprint density at radius 2 is 2.23 bits per heavy atom. The summed E-state index contributed by atoms with van der Waals surface area (Å²) in [6, 6.07) is 2.15. The second-order valence-electron chi connectivity index (χ2n) is 6.49. The highest BCUT2D eigenvalue weighted by Gasteiger charge is 2.43. The van der Waals surface area contributed by atoms with E-state index in [4.69, 9.17) is 4.74 Å². The average Bonchev–Trinajstić information content (AvgIpc) is 2.98.